The minimum absolute atomic E-state index is 0.208. The zero-order chi connectivity index (χ0) is 20.4. The summed E-state index contributed by atoms with van der Waals surface area (Å²) in [5, 5.41) is 2.86. The number of aromatic nitrogens is 1. The minimum Gasteiger partial charge on any atom is -0.344 e. The molecular weight excluding hydrogens is 388 g/mol. The molecule has 2 amide bonds. The molecular formula is C17H22N4O4S2. The van der Waals surface area contributed by atoms with Gasteiger partial charge in [-0.1, -0.05) is 29.5 Å². The summed E-state index contributed by atoms with van der Waals surface area (Å²) >= 11 is 1.05. The minimum atomic E-state index is -3.69. The topological polar surface area (TPSA) is 99.7 Å². The molecule has 10 heteroatoms. The van der Waals surface area contributed by atoms with E-state index >= 15 is 0 Å². The number of hydrogen-bond acceptors (Lipinski definition) is 6. The van der Waals surface area contributed by atoms with Crippen LogP contribution in [0.15, 0.2) is 30.3 Å². The molecule has 1 N–H and O–H groups in total. The highest BCUT2D eigenvalue weighted by Gasteiger charge is 2.30. The maximum absolute atomic E-state index is 12.7. The second-order valence-corrected chi connectivity index (χ2v) is 9.05. The third-order valence-electron chi connectivity index (χ3n) is 3.73. The number of nitrogens with zero attached hydrogens (tertiary/aromatic N) is 3. The number of aryl methyl sites for hydroxylation is 1. The molecule has 0 aliphatic heterocycles. The molecule has 0 aliphatic rings. The first-order valence-corrected chi connectivity index (χ1v) is 10.7. The monoisotopic (exact) mass is 410 g/mol. The highest BCUT2D eigenvalue weighted by molar-refractivity contribution is 7.92. The van der Waals surface area contributed by atoms with Gasteiger partial charge < -0.3 is 10.2 Å². The molecule has 146 valence electrons. The molecule has 1 heterocycles. The summed E-state index contributed by atoms with van der Waals surface area (Å²) < 4.78 is 25.5. The highest BCUT2D eigenvalue weighted by Crippen LogP contribution is 2.25. The number of amides is 2. The van der Waals surface area contributed by atoms with Gasteiger partial charge >= 0.3 is 0 Å². The summed E-state index contributed by atoms with van der Waals surface area (Å²) in [6.45, 7) is 3.18. The van der Waals surface area contributed by atoms with Gasteiger partial charge in [0.1, 0.15) is 10.9 Å². The molecule has 1 aromatic carbocycles. The fourth-order valence-electron chi connectivity index (χ4n) is 2.44. The first-order chi connectivity index (χ1) is 12.5. The standard InChI is InChI=1S/C17H22N4O4S2/c1-11-14(16(23)20(3)4)26-17(18-11)19-15(22)12(2)21(27(5,24)25)13-9-7-6-8-10-13/h6-10,12H,1-5H3,(H,18,19,22). The molecule has 0 aliphatic carbocycles. The van der Waals surface area contributed by atoms with E-state index in [2.05, 4.69) is 10.3 Å². The van der Waals surface area contributed by atoms with Gasteiger partial charge in [0.2, 0.25) is 15.9 Å². The number of sulfonamides is 1. The Labute approximate surface area is 162 Å². The lowest BCUT2D eigenvalue weighted by Gasteiger charge is -2.27. The molecule has 0 bridgehead atoms. The Hall–Kier alpha value is -2.46. The van der Waals surface area contributed by atoms with E-state index < -0.39 is 22.0 Å². The maximum atomic E-state index is 12.7. The van der Waals surface area contributed by atoms with Crippen LogP contribution in [0.25, 0.3) is 0 Å². The number of rotatable bonds is 6. The molecule has 27 heavy (non-hydrogen) atoms. The van der Waals surface area contributed by atoms with Crippen LogP contribution < -0.4 is 9.62 Å². The highest BCUT2D eigenvalue weighted by atomic mass is 32.2. The lowest BCUT2D eigenvalue weighted by molar-refractivity contribution is -0.116. The summed E-state index contributed by atoms with van der Waals surface area (Å²) in [7, 11) is -0.426. The number of carbonyl (C=O) groups excluding carboxylic acids is 2. The van der Waals surface area contributed by atoms with Crippen LogP contribution in [-0.4, -0.2) is 56.5 Å². The Morgan fingerprint density at radius 3 is 2.30 bits per heavy atom. The maximum Gasteiger partial charge on any atom is 0.265 e. The lowest BCUT2D eigenvalue weighted by Crippen LogP contribution is -2.45. The SMILES string of the molecule is Cc1nc(NC(=O)C(C)N(c2ccccc2)S(C)(=O)=O)sc1C(=O)N(C)C. The van der Waals surface area contributed by atoms with Gasteiger partial charge in [-0.25, -0.2) is 13.4 Å². The largest absolute Gasteiger partial charge is 0.344 e. The van der Waals surface area contributed by atoms with Gasteiger partial charge in [-0.05, 0) is 26.0 Å². The quantitative estimate of drug-likeness (QED) is 0.785. The van der Waals surface area contributed by atoms with Gasteiger partial charge in [0.15, 0.2) is 5.13 Å². The van der Waals surface area contributed by atoms with Gasteiger partial charge in [0, 0.05) is 14.1 Å². The van der Waals surface area contributed by atoms with E-state index in [0.29, 0.717) is 16.3 Å². The Morgan fingerprint density at radius 2 is 1.78 bits per heavy atom. The van der Waals surface area contributed by atoms with Gasteiger partial charge in [0.05, 0.1) is 17.6 Å². The summed E-state index contributed by atoms with van der Waals surface area (Å²) in [6, 6.07) is 7.39. The second-order valence-electron chi connectivity index (χ2n) is 6.19. The van der Waals surface area contributed by atoms with Crippen molar-refractivity contribution < 1.29 is 18.0 Å². The first kappa shape index (κ1) is 20.8. The van der Waals surface area contributed by atoms with E-state index in [1.165, 1.54) is 11.8 Å². The molecule has 8 nitrogen and oxygen atoms in total. The number of hydrogen-bond donors (Lipinski definition) is 1. The summed E-state index contributed by atoms with van der Waals surface area (Å²) in [4.78, 5) is 30.8. The Bertz CT molecular complexity index is 939. The molecule has 0 saturated heterocycles. The number of carbonyl (C=O) groups is 2. The Kier molecular flexibility index (Phi) is 6.22. The number of anilines is 2. The van der Waals surface area contributed by atoms with Crippen LogP contribution in [0.5, 0.6) is 0 Å². The molecule has 0 saturated carbocycles. The van der Waals surface area contributed by atoms with Crippen molar-refractivity contribution in [3.63, 3.8) is 0 Å². The molecule has 0 radical (unpaired) electrons. The van der Waals surface area contributed by atoms with Crippen LogP contribution in [0.3, 0.4) is 0 Å². The van der Waals surface area contributed by atoms with Crippen molar-refractivity contribution in [2.75, 3.05) is 30.0 Å². The summed E-state index contributed by atoms with van der Waals surface area (Å²) in [6.07, 6.45) is 1.05. The summed E-state index contributed by atoms with van der Waals surface area (Å²) in [5.74, 6) is -0.748. The first-order valence-electron chi connectivity index (χ1n) is 8.06. The number of benzene rings is 1. The van der Waals surface area contributed by atoms with Crippen molar-refractivity contribution >= 4 is 44.0 Å². The van der Waals surface area contributed by atoms with Crippen molar-refractivity contribution in [1.82, 2.24) is 9.88 Å². The third-order valence-corrected chi connectivity index (χ3v) is 6.03. The molecule has 1 aromatic heterocycles. The Balaban J connectivity index is 2.26. The van der Waals surface area contributed by atoms with Crippen LogP contribution in [0, 0.1) is 6.92 Å². The summed E-state index contributed by atoms with van der Waals surface area (Å²) in [5.41, 5.74) is 0.895. The normalized spacial score (nSPS) is 12.3. The van der Waals surface area contributed by atoms with Gasteiger partial charge in [-0.15, -0.1) is 0 Å². The molecule has 1 unspecified atom stereocenters. The van der Waals surface area contributed by atoms with E-state index in [1.54, 1.807) is 51.4 Å². The zero-order valence-electron chi connectivity index (χ0n) is 15.8. The van der Waals surface area contributed by atoms with Crippen LogP contribution in [-0.2, 0) is 14.8 Å². The fraction of sp³-hybridized carbons (Fsp3) is 0.353. The van der Waals surface area contributed by atoms with E-state index in [1.807, 2.05) is 0 Å². The van der Waals surface area contributed by atoms with E-state index in [-0.39, 0.29) is 11.0 Å². The van der Waals surface area contributed by atoms with Crippen molar-refractivity contribution in [1.29, 1.82) is 0 Å². The average molecular weight is 411 g/mol. The molecule has 2 rings (SSSR count). The van der Waals surface area contributed by atoms with Crippen molar-refractivity contribution in [3.8, 4) is 0 Å². The van der Waals surface area contributed by atoms with Crippen LogP contribution in [0.4, 0.5) is 10.8 Å². The fourth-order valence-corrected chi connectivity index (χ4v) is 4.61. The van der Waals surface area contributed by atoms with Crippen LogP contribution in [0.2, 0.25) is 0 Å². The van der Waals surface area contributed by atoms with Crippen molar-refractivity contribution in [2.24, 2.45) is 0 Å². The predicted molar refractivity (Wildman–Crippen MR) is 107 cm³/mol. The molecule has 0 spiro atoms. The lowest BCUT2D eigenvalue weighted by atomic mass is 10.2. The molecule has 0 fully saturated rings. The van der Waals surface area contributed by atoms with Crippen LogP contribution in [0.1, 0.15) is 22.3 Å². The van der Waals surface area contributed by atoms with Crippen molar-refractivity contribution in [3.05, 3.63) is 40.9 Å². The van der Waals surface area contributed by atoms with Gasteiger partial charge in [-0.3, -0.25) is 13.9 Å². The molecule has 2 aromatic rings. The van der Waals surface area contributed by atoms with E-state index in [0.717, 1.165) is 21.9 Å². The number of para-hydroxylation sites is 1. The van der Waals surface area contributed by atoms with Crippen LogP contribution >= 0.6 is 11.3 Å². The second kappa shape index (κ2) is 8.05. The third kappa shape index (κ3) is 4.83. The van der Waals surface area contributed by atoms with Gasteiger partial charge in [-0.2, -0.15) is 0 Å². The Morgan fingerprint density at radius 1 is 1.19 bits per heavy atom. The predicted octanol–water partition coefficient (Wildman–Crippen LogP) is 1.95. The molecule has 1 atom stereocenters. The van der Waals surface area contributed by atoms with E-state index in [4.69, 9.17) is 0 Å². The zero-order valence-corrected chi connectivity index (χ0v) is 17.4. The van der Waals surface area contributed by atoms with E-state index in [9.17, 15) is 18.0 Å². The van der Waals surface area contributed by atoms with Crippen molar-refractivity contribution in [2.45, 2.75) is 19.9 Å². The number of nitrogens with one attached hydrogen (secondary N) is 1. The smallest absolute Gasteiger partial charge is 0.265 e. The number of thiazole rings is 1. The van der Waals surface area contributed by atoms with Gasteiger partial charge in [0.25, 0.3) is 5.91 Å². The average Bonchev–Trinajstić information content (AvgIpc) is 2.93.